The molecule has 2 N–H and O–H groups in total. The third-order valence-corrected chi connectivity index (χ3v) is 3.02. The Kier molecular flexibility index (Phi) is 2.51. The number of nitrogens with zero attached hydrogens (tertiary/aromatic N) is 1. The van der Waals surface area contributed by atoms with Crippen LogP contribution in [-0.2, 0) is 0 Å². The Bertz CT molecular complexity index is 279. The minimum atomic E-state index is 0.151. The van der Waals surface area contributed by atoms with Gasteiger partial charge in [-0.25, -0.2) is 4.98 Å². The molecule has 3 heteroatoms. The van der Waals surface area contributed by atoms with E-state index < -0.39 is 0 Å². The topological polar surface area (TPSA) is 38.9 Å². The van der Waals surface area contributed by atoms with Crippen LogP contribution in [0.25, 0.3) is 0 Å². The maximum Gasteiger partial charge on any atom is 0.129 e. The molecule has 1 aliphatic rings. The van der Waals surface area contributed by atoms with Crippen LogP contribution in [0.5, 0.6) is 0 Å². The molecule has 0 aromatic carbocycles. The minimum Gasteiger partial charge on any atom is -0.324 e. The van der Waals surface area contributed by atoms with Crippen molar-refractivity contribution < 1.29 is 0 Å². The largest absolute Gasteiger partial charge is 0.324 e. The van der Waals surface area contributed by atoms with E-state index in [0.29, 0.717) is 11.1 Å². The molecule has 1 fully saturated rings. The first-order valence-electron chi connectivity index (χ1n) is 4.64. The Labute approximate surface area is 83.1 Å². The number of aromatic nitrogens is 1. The van der Waals surface area contributed by atoms with Gasteiger partial charge in [0.2, 0.25) is 0 Å². The predicted octanol–water partition coefficient (Wildman–Crippen LogP) is 2.53. The molecule has 0 bridgehead atoms. The molecule has 2 nitrogen and oxygen atoms in total. The molecule has 2 rings (SSSR count). The average Bonchev–Trinajstić information content (AvgIpc) is 2.02. The molecule has 0 amide bonds. The summed E-state index contributed by atoms with van der Waals surface area (Å²) in [5.74, 6) is 0.656. The molecule has 1 aliphatic carbocycles. The van der Waals surface area contributed by atoms with Crippen LogP contribution in [0.3, 0.4) is 0 Å². The average molecular weight is 197 g/mol. The number of hydrogen-bond acceptors (Lipinski definition) is 2. The summed E-state index contributed by atoms with van der Waals surface area (Å²) >= 11 is 5.69. The van der Waals surface area contributed by atoms with Gasteiger partial charge in [-0.15, -0.1) is 0 Å². The molecule has 1 aromatic rings. The van der Waals surface area contributed by atoms with Crippen molar-refractivity contribution in [2.75, 3.05) is 0 Å². The SMILES string of the molecule is N[C@@H](c1ccc(Cl)nc1)C1CCC1. The van der Waals surface area contributed by atoms with E-state index in [9.17, 15) is 0 Å². The molecule has 70 valence electrons. The minimum absolute atomic E-state index is 0.151. The van der Waals surface area contributed by atoms with Crippen LogP contribution < -0.4 is 5.73 Å². The van der Waals surface area contributed by atoms with E-state index in [1.54, 1.807) is 12.3 Å². The number of rotatable bonds is 2. The zero-order chi connectivity index (χ0) is 9.26. The van der Waals surface area contributed by atoms with E-state index in [4.69, 9.17) is 17.3 Å². The van der Waals surface area contributed by atoms with Crippen LogP contribution >= 0.6 is 11.6 Å². The van der Waals surface area contributed by atoms with E-state index in [1.165, 1.54) is 19.3 Å². The van der Waals surface area contributed by atoms with Gasteiger partial charge < -0.3 is 5.73 Å². The van der Waals surface area contributed by atoms with Gasteiger partial charge in [0, 0.05) is 12.2 Å². The highest BCUT2D eigenvalue weighted by Gasteiger charge is 2.25. The van der Waals surface area contributed by atoms with Crippen molar-refractivity contribution in [3.8, 4) is 0 Å². The van der Waals surface area contributed by atoms with E-state index in [2.05, 4.69) is 4.98 Å². The quantitative estimate of drug-likeness (QED) is 0.739. The number of nitrogens with two attached hydrogens (primary N) is 1. The number of halogens is 1. The lowest BCUT2D eigenvalue weighted by Crippen LogP contribution is -2.26. The zero-order valence-corrected chi connectivity index (χ0v) is 8.17. The third-order valence-electron chi connectivity index (χ3n) is 2.79. The van der Waals surface area contributed by atoms with Crippen molar-refractivity contribution in [2.24, 2.45) is 11.7 Å². The summed E-state index contributed by atoms with van der Waals surface area (Å²) < 4.78 is 0. The Morgan fingerprint density at radius 1 is 1.46 bits per heavy atom. The van der Waals surface area contributed by atoms with Crippen molar-refractivity contribution in [1.29, 1.82) is 0 Å². The van der Waals surface area contributed by atoms with Crippen LogP contribution in [0.4, 0.5) is 0 Å². The standard InChI is InChI=1S/C10H13ClN2/c11-9-5-4-8(6-13-9)10(12)7-2-1-3-7/h4-7,10H,1-3,12H2/t10-/m1/s1. The molecule has 1 heterocycles. The molecule has 0 spiro atoms. The highest BCUT2D eigenvalue weighted by Crippen LogP contribution is 2.35. The van der Waals surface area contributed by atoms with Crippen molar-refractivity contribution >= 4 is 11.6 Å². The van der Waals surface area contributed by atoms with Crippen molar-refractivity contribution in [1.82, 2.24) is 4.98 Å². The second-order valence-corrected chi connectivity index (χ2v) is 4.02. The van der Waals surface area contributed by atoms with Gasteiger partial charge in [0.1, 0.15) is 5.15 Å². The highest BCUT2D eigenvalue weighted by atomic mass is 35.5. The third kappa shape index (κ3) is 1.84. The summed E-state index contributed by atoms with van der Waals surface area (Å²) in [5, 5.41) is 0.532. The van der Waals surface area contributed by atoms with Crippen LogP contribution in [0.1, 0.15) is 30.9 Å². The monoisotopic (exact) mass is 196 g/mol. The molecule has 1 aromatic heterocycles. The molecule has 0 radical (unpaired) electrons. The maximum absolute atomic E-state index is 6.07. The molecular weight excluding hydrogens is 184 g/mol. The Morgan fingerprint density at radius 3 is 2.69 bits per heavy atom. The summed E-state index contributed by atoms with van der Waals surface area (Å²) in [6.07, 6.45) is 5.61. The predicted molar refractivity (Wildman–Crippen MR) is 53.5 cm³/mol. The molecule has 13 heavy (non-hydrogen) atoms. The Hall–Kier alpha value is -0.600. The van der Waals surface area contributed by atoms with Gasteiger partial charge in [-0.05, 0) is 30.4 Å². The van der Waals surface area contributed by atoms with E-state index in [1.807, 2.05) is 6.07 Å². The number of hydrogen-bond donors (Lipinski definition) is 1. The van der Waals surface area contributed by atoms with Gasteiger partial charge in [0.25, 0.3) is 0 Å². The summed E-state index contributed by atoms with van der Waals surface area (Å²) in [6.45, 7) is 0. The summed E-state index contributed by atoms with van der Waals surface area (Å²) in [7, 11) is 0. The Balaban J connectivity index is 2.10. The van der Waals surface area contributed by atoms with Gasteiger partial charge in [-0.2, -0.15) is 0 Å². The van der Waals surface area contributed by atoms with Crippen LogP contribution in [0.15, 0.2) is 18.3 Å². The van der Waals surface area contributed by atoms with E-state index in [0.717, 1.165) is 5.56 Å². The normalized spacial score (nSPS) is 19.5. The molecule has 1 saturated carbocycles. The highest BCUT2D eigenvalue weighted by molar-refractivity contribution is 6.29. The zero-order valence-electron chi connectivity index (χ0n) is 7.41. The molecule has 1 atom stereocenters. The second-order valence-electron chi connectivity index (χ2n) is 3.63. The molecule has 0 aliphatic heterocycles. The van der Waals surface area contributed by atoms with E-state index in [-0.39, 0.29) is 6.04 Å². The maximum atomic E-state index is 6.07. The van der Waals surface area contributed by atoms with Gasteiger partial charge >= 0.3 is 0 Å². The first kappa shape index (κ1) is 8.97. The fourth-order valence-electron chi connectivity index (χ4n) is 1.66. The van der Waals surface area contributed by atoms with Crippen LogP contribution in [0, 0.1) is 5.92 Å². The summed E-state index contributed by atoms with van der Waals surface area (Å²) in [6, 6.07) is 3.92. The lowest BCUT2D eigenvalue weighted by atomic mass is 9.78. The van der Waals surface area contributed by atoms with Crippen molar-refractivity contribution in [3.05, 3.63) is 29.0 Å². The van der Waals surface area contributed by atoms with Crippen molar-refractivity contribution in [2.45, 2.75) is 25.3 Å². The fraction of sp³-hybridized carbons (Fsp3) is 0.500. The summed E-state index contributed by atoms with van der Waals surface area (Å²) in [4.78, 5) is 4.03. The van der Waals surface area contributed by atoms with Gasteiger partial charge in [0.05, 0.1) is 0 Å². The van der Waals surface area contributed by atoms with Gasteiger partial charge in [0.15, 0.2) is 0 Å². The van der Waals surface area contributed by atoms with Crippen molar-refractivity contribution in [3.63, 3.8) is 0 Å². The molecular formula is C10H13ClN2. The van der Waals surface area contributed by atoms with Crippen LogP contribution in [0.2, 0.25) is 5.15 Å². The first-order chi connectivity index (χ1) is 6.27. The van der Waals surface area contributed by atoms with E-state index >= 15 is 0 Å². The lowest BCUT2D eigenvalue weighted by Gasteiger charge is -2.31. The fourth-order valence-corrected chi connectivity index (χ4v) is 1.77. The van der Waals surface area contributed by atoms with Crippen LogP contribution in [-0.4, -0.2) is 4.98 Å². The first-order valence-corrected chi connectivity index (χ1v) is 5.02. The molecule has 0 unspecified atom stereocenters. The van der Waals surface area contributed by atoms with Gasteiger partial charge in [-0.1, -0.05) is 24.1 Å². The second kappa shape index (κ2) is 3.64. The van der Waals surface area contributed by atoms with Gasteiger partial charge in [-0.3, -0.25) is 0 Å². The Morgan fingerprint density at radius 2 is 2.23 bits per heavy atom. The lowest BCUT2D eigenvalue weighted by molar-refractivity contribution is 0.264. The molecule has 0 saturated heterocycles. The summed E-state index contributed by atoms with van der Waals surface area (Å²) in [5.41, 5.74) is 7.17. The number of pyridine rings is 1. The smallest absolute Gasteiger partial charge is 0.129 e.